The van der Waals surface area contributed by atoms with Gasteiger partial charge in [0.2, 0.25) is 5.95 Å². The molecule has 1 N–H and O–H groups in total. The van der Waals surface area contributed by atoms with Crippen molar-refractivity contribution < 1.29 is 9.90 Å². The van der Waals surface area contributed by atoms with Gasteiger partial charge in [0.1, 0.15) is 0 Å². The first-order chi connectivity index (χ1) is 7.66. The van der Waals surface area contributed by atoms with Crippen LogP contribution >= 0.6 is 12.4 Å². The van der Waals surface area contributed by atoms with Gasteiger partial charge >= 0.3 is 5.97 Å². The molecular formula is C10H15ClN4O2. The fourth-order valence-electron chi connectivity index (χ4n) is 1.60. The molecule has 0 aromatic carbocycles. The smallest absolute Gasteiger partial charge is 0.338 e. The number of carboxylic acids is 1. The minimum Gasteiger partial charge on any atom is -0.478 e. The zero-order chi connectivity index (χ0) is 11.5. The summed E-state index contributed by atoms with van der Waals surface area (Å²) >= 11 is 0. The summed E-state index contributed by atoms with van der Waals surface area (Å²) in [5.74, 6) is -0.386. The first-order valence-corrected chi connectivity index (χ1v) is 5.15. The lowest BCUT2D eigenvalue weighted by atomic mass is 10.3. The summed E-state index contributed by atoms with van der Waals surface area (Å²) in [5, 5.41) is 8.72. The second-order valence-electron chi connectivity index (χ2n) is 3.87. The average Bonchev–Trinajstić information content (AvgIpc) is 2.30. The quantitative estimate of drug-likeness (QED) is 0.826. The number of carboxylic acid groups (broad SMARTS) is 1. The number of halogens is 1. The minimum absolute atomic E-state index is 0. The standard InChI is InChI=1S/C10H14N4O2.ClH/c1-13-2-4-14(5-3-13)10-11-6-8(7-12-10)9(15)16;/h6-7H,2-5H2,1H3,(H,15,16);1H. The number of rotatable bonds is 2. The summed E-state index contributed by atoms with van der Waals surface area (Å²) in [6.07, 6.45) is 2.70. The number of hydrogen-bond acceptors (Lipinski definition) is 5. The summed E-state index contributed by atoms with van der Waals surface area (Å²) in [5.41, 5.74) is 0.123. The molecule has 94 valence electrons. The molecule has 0 atom stereocenters. The fourth-order valence-corrected chi connectivity index (χ4v) is 1.60. The van der Waals surface area contributed by atoms with Gasteiger partial charge in [0, 0.05) is 38.6 Å². The molecule has 0 spiro atoms. The van der Waals surface area contributed by atoms with Gasteiger partial charge in [-0.05, 0) is 7.05 Å². The van der Waals surface area contributed by atoms with E-state index in [1.165, 1.54) is 12.4 Å². The van der Waals surface area contributed by atoms with Crippen LogP contribution in [0.5, 0.6) is 0 Å². The molecule has 0 aliphatic carbocycles. The molecular weight excluding hydrogens is 244 g/mol. The molecule has 1 aliphatic rings. The monoisotopic (exact) mass is 258 g/mol. The molecule has 1 aromatic heterocycles. The van der Waals surface area contributed by atoms with Crippen molar-refractivity contribution in [2.24, 2.45) is 0 Å². The fraction of sp³-hybridized carbons (Fsp3) is 0.500. The predicted molar refractivity (Wildman–Crippen MR) is 65.9 cm³/mol. The van der Waals surface area contributed by atoms with Crippen LogP contribution < -0.4 is 4.90 Å². The van der Waals surface area contributed by atoms with Gasteiger partial charge < -0.3 is 14.9 Å². The molecule has 1 aromatic rings. The first kappa shape index (κ1) is 13.7. The van der Waals surface area contributed by atoms with E-state index < -0.39 is 5.97 Å². The van der Waals surface area contributed by atoms with Gasteiger partial charge in [-0.25, -0.2) is 14.8 Å². The van der Waals surface area contributed by atoms with Crippen LogP contribution in [0, 0.1) is 0 Å². The SMILES string of the molecule is CN1CCN(c2ncc(C(=O)O)cn2)CC1.Cl. The van der Waals surface area contributed by atoms with Crippen LogP contribution in [-0.4, -0.2) is 59.2 Å². The molecule has 0 unspecified atom stereocenters. The maximum absolute atomic E-state index is 10.6. The molecule has 1 fully saturated rings. The van der Waals surface area contributed by atoms with Crippen LogP contribution in [0.2, 0.25) is 0 Å². The summed E-state index contributed by atoms with van der Waals surface area (Å²) < 4.78 is 0. The van der Waals surface area contributed by atoms with Crippen molar-refractivity contribution in [1.29, 1.82) is 0 Å². The second kappa shape index (κ2) is 5.79. The highest BCUT2D eigenvalue weighted by atomic mass is 35.5. The van der Waals surface area contributed by atoms with E-state index >= 15 is 0 Å². The average molecular weight is 259 g/mol. The van der Waals surface area contributed by atoms with Crippen molar-refractivity contribution in [3.05, 3.63) is 18.0 Å². The Morgan fingerprint density at radius 2 is 1.76 bits per heavy atom. The lowest BCUT2D eigenvalue weighted by Gasteiger charge is -2.32. The van der Waals surface area contributed by atoms with Crippen LogP contribution in [0.4, 0.5) is 5.95 Å². The zero-order valence-corrected chi connectivity index (χ0v) is 10.4. The van der Waals surface area contributed by atoms with Crippen LogP contribution in [0.15, 0.2) is 12.4 Å². The van der Waals surface area contributed by atoms with E-state index in [2.05, 4.69) is 26.8 Å². The normalized spacial score (nSPS) is 16.4. The van der Waals surface area contributed by atoms with E-state index in [0.29, 0.717) is 5.95 Å². The highest BCUT2D eigenvalue weighted by Gasteiger charge is 2.16. The van der Waals surface area contributed by atoms with Gasteiger partial charge in [-0.1, -0.05) is 0 Å². The van der Waals surface area contributed by atoms with E-state index in [1.54, 1.807) is 0 Å². The first-order valence-electron chi connectivity index (χ1n) is 5.15. The highest BCUT2D eigenvalue weighted by molar-refractivity contribution is 5.86. The van der Waals surface area contributed by atoms with Crippen molar-refractivity contribution in [3.63, 3.8) is 0 Å². The highest BCUT2D eigenvalue weighted by Crippen LogP contribution is 2.09. The van der Waals surface area contributed by atoms with Gasteiger partial charge in [-0.15, -0.1) is 12.4 Å². The summed E-state index contributed by atoms with van der Waals surface area (Å²) in [6, 6.07) is 0. The second-order valence-corrected chi connectivity index (χ2v) is 3.87. The lowest BCUT2D eigenvalue weighted by Crippen LogP contribution is -2.45. The topological polar surface area (TPSA) is 69.6 Å². The summed E-state index contributed by atoms with van der Waals surface area (Å²) in [7, 11) is 2.08. The Labute approximate surface area is 106 Å². The Morgan fingerprint density at radius 3 is 2.24 bits per heavy atom. The summed E-state index contributed by atoms with van der Waals surface area (Å²) in [6.45, 7) is 3.71. The Bertz CT molecular complexity index is 376. The third-order valence-electron chi connectivity index (χ3n) is 2.67. The van der Waals surface area contributed by atoms with Crippen LogP contribution in [0.25, 0.3) is 0 Å². The number of piperazine rings is 1. The van der Waals surface area contributed by atoms with Gasteiger partial charge in [0.15, 0.2) is 0 Å². The van der Waals surface area contributed by atoms with Crippen molar-refractivity contribution in [3.8, 4) is 0 Å². The zero-order valence-electron chi connectivity index (χ0n) is 9.54. The largest absolute Gasteiger partial charge is 0.478 e. The Kier molecular flexibility index (Phi) is 4.65. The number of carbonyl (C=O) groups is 1. The number of anilines is 1. The van der Waals surface area contributed by atoms with Gasteiger partial charge in [0.25, 0.3) is 0 Å². The van der Waals surface area contributed by atoms with Gasteiger partial charge in [0.05, 0.1) is 5.56 Å². The van der Waals surface area contributed by atoms with Crippen LogP contribution in [0.3, 0.4) is 0 Å². The van der Waals surface area contributed by atoms with Gasteiger partial charge in [-0.3, -0.25) is 0 Å². The van der Waals surface area contributed by atoms with Crippen molar-refractivity contribution in [2.75, 3.05) is 38.1 Å². The maximum Gasteiger partial charge on any atom is 0.338 e. The predicted octanol–water partition coefficient (Wildman–Crippen LogP) is 0.348. The molecule has 7 heteroatoms. The third-order valence-corrected chi connectivity index (χ3v) is 2.67. The Morgan fingerprint density at radius 1 is 1.24 bits per heavy atom. The Hall–Kier alpha value is -1.40. The molecule has 17 heavy (non-hydrogen) atoms. The number of nitrogens with zero attached hydrogens (tertiary/aromatic N) is 4. The lowest BCUT2D eigenvalue weighted by molar-refractivity contribution is 0.0696. The molecule has 1 saturated heterocycles. The van der Waals surface area contributed by atoms with E-state index in [0.717, 1.165) is 26.2 Å². The number of hydrogen-bond donors (Lipinski definition) is 1. The van der Waals surface area contributed by atoms with Crippen LogP contribution in [0.1, 0.15) is 10.4 Å². The maximum atomic E-state index is 10.6. The van der Waals surface area contributed by atoms with Crippen molar-refractivity contribution in [1.82, 2.24) is 14.9 Å². The molecule has 0 bridgehead atoms. The minimum atomic E-state index is -0.995. The van der Waals surface area contributed by atoms with E-state index in [1.807, 2.05) is 0 Å². The van der Waals surface area contributed by atoms with E-state index in [4.69, 9.17) is 5.11 Å². The number of likely N-dealkylation sites (N-methyl/N-ethyl adjacent to an activating group) is 1. The molecule has 0 radical (unpaired) electrons. The molecule has 1 aliphatic heterocycles. The van der Waals surface area contributed by atoms with E-state index in [9.17, 15) is 4.79 Å². The summed E-state index contributed by atoms with van der Waals surface area (Å²) in [4.78, 5) is 23.1. The molecule has 0 amide bonds. The molecule has 0 saturated carbocycles. The molecule has 2 heterocycles. The number of aromatic nitrogens is 2. The Balaban J connectivity index is 0.00000144. The van der Waals surface area contributed by atoms with Crippen molar-refractivity contribution >= 4 is 24.3 Å². The van der Waals surface area contributed by atoms with Crippen molar-refractivity contribution in [2.45, 2.75) is 0 Å². The third kappa shape index (κ3) is 3.28. The van der Waals surface area contributed by atoms with E-state index in [-0.39, 0.29) is 18.0 Å². The molecule has 2 rings (SSSR count). The van der Waals surface area contributed by atoms with Gasteiger partial charge in [-0.2, -0.15) is 0 Å². The molecule has 6 nitrogen and oxygen atoms in total. The van der Waals surface area contributed by atoms with Crippen LogP contribution in [-0.2, 0) is 0 Å². The number of aromatic carboxylic acids is 1.